The van der Waals surface area contributed by atoms with Crippen molar-refractivity contribution >= 4 is 17.3 Å². The van der Waals surface area contributed by atoms with Gasteiger partial charge in [-0.15, -0.1) is 0 Å². The quantitative estimate of drug-likeness (QED) is 0.806. The standard InChI is InChI=1S/C17H19F4N5/c18-14-7-11(8-22)1-2-15(14)25-13-9-23-16(24-10-13)26-5-3-12(4-6-26)17(19,20)21/h1-2,7,9-10,12,25H,3-6,8,22H2. The van der Waals surface area contributed by atoms with Crippen LogP contribution in [0.5, 0.6) is 0 Å². The molecule has 0 aliphatic carbocycles. The summed E-state index contributed by atoms with van der Waals surface area (Å²) in [6, 6.07) is 4.64. The Morgan fingerprint density at radius 2 is 1.81 bits per heavy atom. The van der Waals surface area contributed by atoms with Gasteiger partial charge in [0.15, 0.2) is 0 Å². The number of benzene rings is 1. The number of nitrogens with two attached hydrogens (primary N) is 1. The molecule has 0 unspecified atom stereocenters. The minimum Gasteiger partial charge on any atom is -0.351 e. The van der Waals surface area contributed by atoms with Crippen molar-refractivity contribution in [1.29, 1.82) is 0 Å². The minimum atomic E-state index is -4.15. The number of hydrogen-bond donors (Lipinski definition) is 2. The molecule has 0 amide bonds. The highest BCUT2D eigenvalue weighted by molar-refractivity contribution is 5.59. The molecule has 0 atom stereocenters. The third-order valence-corrected chi connectivity index (χ3v) is 4.43. The maximum absolute atomic E-state index is 14.0. The summed E-state index contributed by atoms with van der Waals surface area (Å²) in [5, 5.41) is 2.87. The fraction of sp³-hybridized carbons (Fsp3) is 0.412. The van der Waals surface area contributed by atoms with Crippen LogP contribution in [0.3, 0.4) is 0 Å². The average molecular weight is 369 g/mol. The second-order valence-electron chi connectivity index (χ2n) is 6.22. The Morgan fingerprint density at radius 1 is 1.15 bits per heavy atom. The van der Waals surface area contributed by atoms with E-state index in [1.165, 1.54) is 18.5 Å². The number of alkyl halides is 3. The monoisotopic (exact) mass is 369 g/mol. The lowest BCUT2D eigenvalue weighted by molar-refractivity contribution is -0.179. The predicted molar refractivity (Wildman–Crippen MR) is 90.6 cm³/mol. The van der Waals surface area contributed by atoms with E-state index in [1.807, 2.05) is 0 Å². The first-order valence-corrected chi connectivity index (χ1v) is 8.26. The Kier molecular flexibility index (Phi) is 5.26. The highest BCUT2D eigenvalue weighted by Gasteiger charge is 2.41. The second-order valence-corrected chi connectivity index (χ2v) is 6.22. The number of nitrogens with zero attached hydrogens (tertiary/aromatic N) is 3. The molecule has 3 N–H and O–H groups in total. The first kappa shape index (κ1) is 18.4. The van der Waals surface area contributed by atoms with Crippen LogP contribution in [-0.2, 0) is 6.54 Å². The number of nitrogens with one attached hydrogen (secondary N) is 1. The molecule has 3 rings (SSSR count). The van der Waals surface area contributed by atoms with Crippen molar-refractivity contribution in [2.24, 2.45) is 11.7 Å². The van der Waals surface area contributed by atoms with E-state index in [0.29, 0.717) is 17.2 Å². The molecular weight excluding hydrogens is 350 g/mol. The van der Waals surface area contributed by atoms with Gasteiger partial charge in [0, 0.05) is 19.6 Å². The van der Waals surface area contributed by atoms with Crippen molar-refractivity contribution in [3.63, 3.8) is 0 Å². The normalized spacial score (nSPS) is 16.0. The van der Waals surface area contributed by atoms with E-state index in [-0.39, 0.29) is 38.2 Å². The summed E-state index contributed by atoms with van der Waals surface area (Å²) >= 11 is 0. The first-order valence-electron chi connectivity index (χ1n) is 8.26. The van der Waals surface area contributed by atoms with Gasteiger partial charge in [-0.1, -0.05) is 6.07 Å². The predicted octanol–water partition coefficient (Wildman–Crippen LogP) is 3.60. The van der Waals surface area contributed by atoms with Crippen molar-refractivity contribution in [3.8, 4) is 0 Å². The maximum Gasteiger partial charge on any atom is 0.391 e. The van der Waals surface area contributed by atoms with E-state index in [4.69, 9.17) is 5.73 Å². The molecule has 2 heterocycles. The van der Waals surface area contributed by atoms with Crippen molar-refractivity contribution in [3.05, 3.63) is 42.0 Å². The molecule has 5 nitrogen and oxygen atoms in total. The fourth-order valence-electron chi connectivity index (χ4n) is 2.90. The highest BCUT2D eigenvalue weighted by Crippen LogP contribution is 2.34. The van der Waals surface area contributed by atoms with Crippen LogP contribution in [-0.4, -0.2) is 29.2 Å². The third kappa shape index (κ3) is 4.21. The molecule has 140 valence electrons. The molecule has 1 aromatic heterocycles. The molecule has 2 aromatic rings. The Labute approximate surface area is 148 Å². The molecule has 1 aliphatic rings. The van der Waals surface area contributed by atoms with E-state index in [0.717, 1.165) is 0 Å². The Morgan fingerprint density at radius 3 is 2.35 bits per heavy atom. The average Bonchev–Trinajstić information content (AvgIpc) is 2.63. The molecule has 0 saturated carbocycles. The van der Waals surface area contributed by atoms with Gasteiger partial charge in [0.25, 0.3) is 0 Å². The summed E-state index contributed by atoms with van der Waals surface area (Å²) in [5.41, 5.74) is 6.90. The summed E-state index contributed by atoms with van der Waals surface area (Å²) in [5.74, 6) is -1.33. The van der Waals surface area contributed by atoms with Crippen LogP contribution in [0.25, 0.3) is 0 Å². The molecule has 1 aromatic carbocycles. The lowest BCUT2D eigenvalue weighted by Crippen LogP contribution is -2.39. The van der Waals surface area contributed by atoms with Gasteiger partial charge >= 0.3 is 6.18 Å². The van der Waals surface area contributed by atoms with Crippen LogP contribution in [0.4, 0.5) is 34.9 Å². The molecule has 9 heteroatoms. The summed E-state index contributed by atoms with van der Waals surface area (Å²) in [4.78, 5) is 10.1. The van der Waals surface area contributed by atoms with Crippen LogP contribution in [0.1, 0.15) is 18.4 Å². The molecule has 0 bridgehead atoms. The number of anilines is 3. The van der Waals surface area contributed by atoms with Crippen LogP contribution in [0.2, 0.25) is 0 Å². The minimum absolute atomic E-state index is 0.0333. The summed E-state index contributed by atoms with van der Waals surface area (Å²) in [7, 11) is 0. The molecule has 1 aliphatic heterocycles. The molecule has 1 saturated heterocycles. The van der Waals surface area contributed by atoms with Crippen LogP contribution in [0, 0.1) is 11.7 Å². The van der Waals surface area contributed by atoms with Crippen LogP contribution >= 0.6 is 0 Å². The van der Waals surface area contributed by atoms with Gasteiger partial charge in [0.1, 0.15) is 5.82 Å². The van der Waals surface area contributed by atoms with E-state index in [9.17, 15) is 17.6 Å². The molecular formula is C17H19F4N5. The number of halogens is 4. The smallest absolute Gasteiger partial charge is 0.351 e. The van der Waals surface area contributed by atoms with Gasteiger partial charge < -0.3 is 16.0 Å². The van der Waals surface area contributed by atoms with Crippen molar-refractivity contribution < 1.29 is 17.6 Å². The largest absolute Gasteiger partial charge is 0.391 e. The number of piperidine rings is 1. The van der Waals surface area contributed by atoms with E-state index >= 15 is 0 Å². The summed E-state index contributed by atoms with van der Waals surface area (Å²) in [6.07, 6.45) is -1.12. The van der Waals surface area contributed by atoms with Crippen molar-refractivity contribution in [1.82, 2.24) is 9.97 Å². The third-order valence-electron chi connectivity index (χ3n) is 4.43. The number of aromatic nitrogens is 2. The van der Waals surface area contributed by atoms with Crippen molar-refractivity contribution in [2.45, 2.75) is 25.6 Å². The Balaban J connectivity index is 1.62. The maximum atomic E-state index is 14.0. The second kappa shape index (κ2) is 7.45. The van der Waals surface area contributed by atoms with Crippen LogP contribution < -0.4 is 16.0 Å². The van der Waals surface area contributed by atoms with E-state index in [2.05, 4.69) is 15.3 Å². The topological polar surface area (TPSA) is 67.1 Å². The number of hydrogen-bond acceptors (Lipinski definition) is 5. The van der Waals surface area contributed by atoms with Crippen LogP contribution in [0.15, 0.2) is 30.6 Å². The SMILES string of the molecule is NCc1ccc(Nc2cnc(N3CCC(C(F)(F)F)CC3)nc2)c(F)c1. The zero-order chi connectivity index (χ0) is 18.7. The van der Waals surface area contributed by atoms with Gasteiger partial charge in [-0.05, 0) is 30.5 Å². The summed E-state index contributed by atoms with van der Waals surface area (Å²) in [6.45, 7) is 0.762. The Bertz CT molecular complexity index is 740. The van der Waals surface area contributed by atoms with E-state index < -0.39 is 17.9 Å². The molecule has 0 radical (unpaired) electrons. The molecule has 1 fully saturated rings. The van der Waals surface area contributed by atoms with Gasteiger partial charge in [0.05, 0.1) is 29.7 Å². The lowest BCUT2D eigenvalue weighted by Gasteiger charge is -2.32. The molecule has 0 spiro atoms. The van der Waals surface area contributed by atoms with Gasteiger partial charge in [-0.2, -0.15) is 13.2 Å². The highest BCUT2D eigenvalue weighted by atomic mass is 19.4. The summed E-state index contributed by atoms with van der Waals surface area (Å²) < 4.78 is 52.1. The van der Waals surface area contributed by atoms with Crippen molar-refractivity contribution in [2.75, 3.05) is 23.3 Å². The van der Waals surface area contributed by atoms with Gasteiger partial charge in [-0.25, -0.2) is 14.4 Å². The van der Waals surface area contributed by atoms with E-state index in [1.54, 1.807) is 17.0 Å². The first-order chi connectivity index (χ1) is 12.4. The Hall–Kier alpha value is -2.42. The van der Waals surface area contributed by atoms with Gasteiger partial charge in [0.2, 0.25) is 5.95 Å². The zero-order valence-electron chi connectivity index (χ0n) is 13.9. The number of rotatable bonds is 4. The fourth-order valence-corrected chi connectivity index (χ4v) is 2.90. The molecule has 26 heavy (non-hydrogen) atoms. The lowest BCUT2D eigenvalue weighted by atomic mass is 9.96. The zero-order valence-corrected chi connectivity index (χ0v) is 13.9. The van der Waals surface area contributed by atoms with Gasteiger partial charge in [-0.3, -0.25) is 0 Å².